The van der Waals surface area contributed by atoms with Gasteiger partial charge < -0.3 is 5.11 Å². The molecule has 5 heteroatoms. The summed E-state index contributed by atoms with van der Waals surface area (Å²) in [4.78, 5) is 11.1. The van der Waals surface area contributed by atoms with Crippen LogP contribution in [0.25, 0.3) is 0 Å². The fraction of sp³-hybridized carbons (Fsp3) is 0.462. The molecule has 1 aliphatic rings. The average molecular weight is 272 g/mol. The Bertz CT molecular complexity index is 472. The number of carboxylic acids is 1. The molecule has 98 valence electrons. The molecular weight excluding hydrogens is 258 g/mol. The van der Waals surface area contributed by atoms with Crippen LogP contribution < -0.4 is 0 Å². The average Bonchev–Trinajstić information content (AvgIpc) is 3.14. The lowest BCUT2D eigenvalue weighted by Gasteiger charge is -2.16. The molecule has 1 aromatic carbocycles. The maximum Gasteiger partial charge on any atom is 0.303 e. The second-order valence-corrected chi connectivity index (χ2v) is 5.37. The van der Waals surface area contributed by atoms with E-state index in [9.17, 15) is 13.6 Å². The Morgan fingerprint density at radius 2 is 2.11 bits per heavy atom. The number of rotatable bonds is 5. The van der Waals surface area contributed by atoms with Gasteiger partial charge in [-0.2, -0.15) is 0 Å². The fourth-order valence-corrected chi connectivity index (χ4v) is 2.68. The Kier molecular flexibility index (Phi) is 3.90. The first-order valence-corrected chi connectivity index (χ1v) is 7.00. The minimum Gasteiger partial charge on any atom is -0.481 e. The number of thioether (sulfide) groups is 1. The van der Waals surface area contributed by atoms with Gasteiger partial charge in [0.1, 0.15) is 0 Å². The highest BCUT2D eigenvalue weighted by Crippen LogP contribution is 2.45. The van der Waals surface area contributed by atoms with Crippen molar-refractivity contribution in [1.29, 1.82) is 0 Å². The number of halogens is 2. The second-order valence-electron chi connectivity index (χ2n) is 4.53. The summed E-state index contributed by atoms with van der Waals surface area (Å²) in [6.45, 7) is 0. The van der Waals surface area contributed by atoms with E-state index in [1.54, 1.807) is 6.26 Å². The van der Waals surface area contributed by atoms with Gasteiger partial charge in [0, 0.05) is 10.8 Å². The van der Waals surface area contributed by atoms with Crippen LogP contribution in [0.3, 0.4) is 0 Å². The zero-order valence-corrected chi connectivity index (χ0v) is 10.8. The first kappa shape index (κ1) is 13.3. The summed E-state index contributed by atoms with van der Waals surface area (Å²) in [5.74, 6) is -2.96. The quantitative estimate of drug-likeness (QED) is 0.831. The summed E-state index contributed by atoms with van der Waals surface area (Å²) < 4.78 is 27.7. The van der Waals surface area contributed by atoms with Gasteiger partial charge in [0.25, 0.3) is 0 Å². The maximum absolute atomic E-state index is 14.0. The number of hydrogen-bond acceptors (Lipinski definition) is 2. The first-order valence-electron chi connectivity index (χ1n) is 5.78. The van der Waals surface area contributed by atoms with Crippen molar-refractivity contribution in [1.82, 2.24) is 0 Å². The lowest BCUT2D eigenvalue weighted by atomic mass is 9.90. The predicted molar refractivity (Wildman–Crippen MR) is 65.9 cm³/mol. The number of carboxylic acid groups (broad SMARTS) is 1. The summed E-state index contributed by atoms with van der Waals surface area (Å²) in [6, 6.07) is 3.05. The summed E-state index contributed by atoms with van der Waals surface area (Å²) >= 11 is 1.14. The van der Waals surface area contributed by atoms with Gasteiger partial charge in [-0.3, -0.25) is 4.79 Å². The van der Waals surface area contributed by atoms with Crippen molar-refractivity contribution in [3.63, 3.8) is 0 Å². The van der Waals surface area contributed by atoms with E-state index in [-0.39, 0.29) is 22.8 Å². The van der Waals surface area contributed by atoms with E-state index in [1.807, 2.05) is 0 Å². The van der Waals surface area contributed by atoms with Crippen molar-refractivity contribution in [2.75, 3.05) is 6.26 Å². The van der Waals surface area contributed by atoms with E-state index in [0.29, 0.717) is 0 Å². The van der Waals surface area contributed by atoms with Crippen LogP contribution in [0.1, 0.15) is 30.7 Å². The van der Waals surface area contributed by atoms with Gasteiger partial charge >= 0.3 is 5.97 Å². The molecule has 0 heterocycles. The summed E-state index contributed by atoms with van der Waals surface area (Å²) in [5, 5.41) is 8.86. The van der Waals surface area contributed by atoms with Gasteiger partial charge in [-0.1, -0.05) is 6.07 Å². The molecule has 1 unspecified atom stereocenters. The van der Waals surface area contributed by atoms with Crippen LogP contribution >= 0.6 is 11.8 Å². The van der Waals surface area contributed by atoms with Gasteiger partial charge in [0.2, 0.25) is 0 Å². The van der Waals surface area contributed by atoms with Gasteiger partial charge in [-0.15, -0.1) is 11.8 Å². The summed E-state index contributed by atoms with van der Waals surface area (Å²) in [5.41, 5.74) is 0.204. The van der Waals surface area contributed by atoms with E-state index in [1.165, 1.54) is 12.1 Å². The lowest BCUT2D eigenvalue weighted by Crippen LogP contribution is -2.11. The van der Waals surface area contributed by atoms with Crippen molar-refractivity contribution < 1.29 is 18.7 Å². The molecule has 0 aliphatic heterocycles. The van der Waals surface area contributed by atoms with Gasteiger partial charge in [0.05, 0.1) is 6.42 Å². The smallest absolute Gasteiger partial charge is 0.303 e. The third-order valence-corrected chi connectivity index (χ3v) is 4.04. The Morgan fingerprint density at radius 1 is 1.44 bits per heavy atom. The van der Waals surface area contributed by atoms with Crippen LogP contribution in [0, 0.1) is 17.6 Å². The van der Waals surface area contributed by atoms with Crippen molar-refractivity contribution in [2.45, 2.75) is 30.1 Å². The van der Waals surface area contributed by atoms with E-state index >= 15 is 0 Å². The topological polar surface area (TPSA) is 37.3 Å². The number of hydrogen-bond donors (Lipinski definition) is 1. The number of carbonyl (C=O) groups is 1. The molecule has 0 bridgehead atoms. The monoisotopic (exact) mass is 272 g/mol. The first-order chi connectivity index (χ1) is 8.54. The normalized spacial score (nSPS) is 16.6. The van der Waals surface area contributed by atoms with E-state index in [0.717, 1.165) is 24.6 Å². The van der Waals surface area contributed by atoms with Crippen LogP contribution in [-0.2, 0) is 4.79 Å². The minimum atomic E-state index is -0.972. The molecule has 2 nitrogen and oxygen atoms in total. The Balaban J connectivity index is 2.35. The molecule has 1 fully saturated rings. The van der Waals surface area contributed by atoms with Crippen LogP contribution in [0.4, 0.5) is 8.78 Å². The van der Waals surface area contributed by atoms with Crippen molar-refractivity contribution in [3.8, 4) is 0 Å². The fourth-order valence-electron chi connectivity index (χ4n) is 2.21. The van der Waals surface area contributed by atoms with Crippen molar-refractivity contribution in [2.24, 2.45) is 5.92 Å². The van der Waals surface area contributed by atoms with E-state index in [2.05, 4.69) is 0 Å². The van der Waals surface area contributed by atoms with Crippen molar-refractivity contribution >= 4 is 17.7 Å². The van der Waals surface area contributed by atoms with Crippen LogP contribution in [-0.4, -0.2) is 17.3 Å². The Labute approximate surface area is 108 Å². The zero-order chi connectivity index (χ0) is 13.3. The SMILES string of the molecule is CSc1ccc(C(CC(=O)O)C2CC2)c(F)c1F. The third-order valence-electron chi connectivity index (χ3n) is 3.28. The molecule has 1 N–H and O–H groups in total. The van der Waals surface area contributed by atoms with Gasteiger partial charge in [0.15, 0.2) is 11.6 Å². The van der Waals surface area contributed by atoms with Crippen LogP contribution in [0.15, 0.2) is 17.0 Å². The van der Waals surface area contributed by atoms with Gasteiger partial charge in [-0.25, -0.2) is 8.78 Å². The molecule has 0 radical (unpaired) electrons. The van der Waals surface area contributed by atoms with Crippen LogP contribution in [0.5, 0.6) is 0 Å². The molecule has 1 atom stereocenters. The summed E-state index contributed by atoms with van der Waals surface area (Å²) in [6.07, 6.45) is 3.32. The Morgan fingerprint density at radius 3 is 2.61 bits per heavy atom. The largest absolute Gasteiger partial charge is 0.481 e. The molecule has 0 amide bonds. The number of aliphatic carboxylic acids is 1. The lowest BCUT2D eigenvalue weighted by molar-refractivity contribution is -0.137. The van der Waals surface area contributed by atoms with E-state index < -0.39 is 23.5 Å². The van der Waals surface area contributed by atoms with Crippen LogP contribution in [0.2, 0.25) is 0 Å². The standard InChI is InChI=1S/C13H14F2O2S/c1-18-10-5-4-8(12(14)13(10)15)9(6-11(16)17)7-2-3-7/h4-5,7,9H,2-3,6H2,1H3,(H,16,17). The highest BCUT2D eigenvalue weighted by molar-refractivity contribution is 7.98. The zero-order valence-electron chi connectivity index (χ0n) is 9.95. The molecule has 0 aromatic heterocycles. The second kappa shape index (κ2) is 5.26. The molecular formula is C13H14F2O2S. The Hall–Kier alpha value is -1.10. The summed E-state index contributed by atoms with van der Waals surface area (Å²) in [7, 11) is 0. The molecule has 1 aromatic rings. The third kappa shape index (κ3) is 2.66. The van der Waals surface area contributed by atoms with Gasteiger partial charge in [-0.05, 0) is 36.6 Å². The number of benzene rings is 1. The molecule has 1 aliphatic carbocycles. The molecule has 0 spiro atoms. The molecule has 18 heavy (non-hydrogen) atoms. The predicted octanol–water partition coefficient (Wildman–Crippen LogP) is 3.66. The molecule has 0 saturated heterocycles. The minimum absolute atomic E-state index is 0.139. The highest BCUT2D eigenvalue weighted by Gasteiger charge is 2.36. The molecule has 1 saturated carbocycles. The molecule has 2 rings (SSSR count). The van der Waals surface area contributed by atoms with Crippen molar-refractivity contribution in [3.05, 3.63) is 29.3 Å². The van der Waals surface area contributed by atoms with E-state index in [4.69, 9.17) is 5.11 Å². The highest BCUT2D eigenvalue weighted by atomic mass is 32.2. The maximum atomic E-state index is 14.0.